The molecule has 0 aromatic carbocycles. The number of fused-ring (bicyclic) bond motifs is 3. The van der Waals surface area contributed by atoms with Gasteiger partial charge in [-0.25, -0.2) is 4.79 Å². The second kappa shape index (κ2) is 7.26. The predicted molar refractivity (Wildman–Crippen MR) is 105 cm³/mol. The predicted octanol–water partition coefficient (Wildman–Crippen LogP) is 3.14. The van der Waals surface area contributed by atoms with Crippen molar-refractivity contribution in [2.24, 2.45) is 17.1 Å². The number of rotatable bonds is 3. The summed E-state index contributed by atoms with van der Waals surface area (Å²) in [7, 11) is 1.80. The molecular formula is C21H37N3O3. The Hall–Kier alpha value is -1.30. The maximum Gasteiger partial charge on any atom is 0.410 e. The third-order valence-electron chi connectivity index (χ3n) is 6.90. The summed E-state index contributed by atoms with van der Waals surface area (Å²) in [4.78, 5) is 29.1. The van der Waals surface area contributed by atoms with E-state index in [1.54, 1.807) is 11.9 Å². The van der Waals surface area contributed by atoms with E-state index in [2.05, 4.69) is 4.90 Å². The van der Waals surface area contributed by atoms with Crippen LogP contribution in [0.3, 0.4) is 0 Å². The fourth-order valence-corrected chi connectivity index (χ4v) is 4.99. The molecule has 1 heterocycles. The minimum Gasteiger partial charge on any atom is -0.444 e. The molecule has 6 nitrogen and oxygen atoms in total. The number of carbonyl (C=O) groups excluding carboxylic acids is 2. The first-order valence-corrected chi connectivity index (χ1v) is 10.5. The fourth-order valence-electron chi connectivity index (χ4n) is 4.99. The molecule has 2 amide bonds. The van der Waals surface area contributed by atoms with Gasteiger partial charge in [0.2, 0.25) is 5.91 Å². The topological polar surface area (TPSA) is 75.9 Å². The second-order valence-corrected chi connectivity index (χ2v) is 10.2. The molecule has 3 aliphatic carbocycles. The van der Waals surface area contributed by atoms with Gasteiger partial charge in [0.15, 0.2) is 0 Å². The molecule has 0 spiro atoms. The summed E-state index contributed by atoms with van der Waals surface area (Å²) in [6, 6.07) is 0. The lowest BCUT2D eigenvalue weighted by Crippen LogP contribution is -2.58. The van der Waals surface area contributed by atoms with Crippen LogP contribution in [0.1, 0.15) is 72.1 Å². The molecule has 4 aliphatic rings. The minimum atomic E-state index is -0.471. The van der Waals surface area contributed by atoms with E-state index < -0.39 is 5.60 Å². The molecule has 3 saturated carbocycles. The highest BCUT2D eigenvalue weighted by Gasteiger charge is 2.52. The first-order valence-electron chi connectivity index (χ1n) is 10.5. The number of hydrogen-bond acceptors (Lipinski definition) is 4. The van der Waals surface area contributed by atoms with Gasteiger partial charge in [-0.15, -0.1) is 0 Å². The number of ether oxygens (including phenoxy) is 1. The van der Waals surface area contributed by atoms with Crippen molar-refractivity contribution in [3.05, 3.63) is 0 Å². The summed E-state index contributed by atoms with van der Waals surface area (Å²) in [6.45, 7) is 7.95. The molecule has 4 fully saturated rings. The fraction of sp³-hybridized carbons (Fsp3) is 0.905. The molecule has 27 heavy (non-hydrogen) atoms. The largest absolute Gasteiger partial charge is 0.444 e. The number of piperidine rings is 1. The quantitative estimate of drug-likeness (QED) is 0.817. The first kappa shape index (κ1) is 20.4. The molecule has 0 aromatic heterocycles. The lowest BCUT2D eigenvalue weighted by atomic mass is 9.57. The van der Waals surface area contributed by atoms with Crippen LogP contribution >= 0.6 is 0 Å². The normalized spacial score (nSPS) is 31.7. The molecule has 0 radical (unpaired) electrons. The first-order chi connectivity index (χ1) is 12.5. The van der Waals surface area contributed by atoms with Gasteiger partial charge >= 0.3 is 6.09 Å². The van der Waals surface area contributed by atoms with E-state index in [0.29, 0.717) is 18.4 Å². The highest BCUT2D eigenvalue weighted by molar-refractivity contribution is 5.83. The summed E-state index contributed by atoms with van der Waals surface area (Å²) in [6.07, 6.45) is 7.51. The molecule has 154 valence electrons. The Bertz CT molecular complexity index is 551. The van der Waals surface area contributed by atoms with E-state index in [4.69, 9.17) is 10.5 Å². The van der Waals surface area contributed by atoms with Gasteiger partial charge in [-0.1, -0.05) is 0 Å². The average molecular weight is 380 g/mol. The van der Waals surface area contributed by atoms with Crippen molar-refractivity contribution in [2.75, 3.05) is 26.7 Å². The summed E-state index contributed by atoms with van der Waals surface area (Å²) in [5.41, 5.74) is 5.79. The SMILES string of the molecule is CN(CC1CCN(C(=O)C23CCC(N)(CC2)CC3)CC1)C(=O)OC(C)(C)C. The Morgan fingerprint density at radius 1 is 1.07 bits per heavy atom. The van der Waals surface area contributed by atoms with Gasteiger partial charge in [0, 0.05) is 37.6 Å². The van der Waals surface area contributed by atoms with Crippen LogP contribution in [-0.4, -0.2) is 59.6 Å². The van der Waals surface area contributed by atoms with Crippen molar-refractivity contribution in [2.45, 2.75) is 83.3 Å². The number of carbonyl (C=O) groups is 2. The van der Waals surface area contributed by atoms with Crippen molar-refractivity contribution in [1.82, 2.24) is 9.80 Å². The van der Waals surface area contributed by atoms with E-state index in [-0.39, 0.29) is 17.0 Å². The standard InChI is InChI=1S/C21H37N3O3/c1-19(2,3)27-18(26)23(4)15-16-5-13-24(14-6-16)17(25)20-7-10-21(22,11-8-20)12-9-20/h16H,5-15,22H2,1-4H3. The smallest absolute Gasteiger partial charge is 0.410 e. The molecule has 6 heteroatoms. The molecule has 0 atom stereocenters. The Labute approximate surface area is 163 Å². The van der Waals surface area contributed by atoms with E-state index in [1.807, 2.05) is 20.8 Å². The van der Waals surface area contributed by atoms with Gasteiger partial charge in [0.1, 0.15) is 5.60 Å². The van der Waals surface area contributed by atoms with Crippen molar-refractivity contribution < 1.29 is 14.3 Å². The van der Waals surface area contributed by atoms with Crippen molar-refractivity contribution in [1.29, 1.82) is 0 Å². The Morgan fingerprint density at radius 2 is 1.59 bits per heavy atom. The molecular weight excluding hydrogens is 342 g/mol. The monoisotopic (exact) mass is 379 g/mol. The lowest BCUT2D eigenvalue weighted by Gasteiger charge is -2.52. The molecule has 2 bridgehead atoms. The zero-order valence-corrected chi connectivity index (χ0v) is 17.6. The van der Waals surface area contributed by atoms with Gasteiger partial charge < -0.3 is 20.3 Å². The molecule has 1 aliphatic heterocycles. The van der Waals surface area contributed by atoms with Crippen LogP contribution in [0.15, 0.2) is 0 Å². The van der Waals surface area contributed by atoms with Crippen LogP contribution in [0.5, 0.6) is 0 Å². The van der Waals surface area contributed by atoms with Gasteiger partial charge in [-0.05, 0) is 78.1 Å². The van der Waals surface area contributed by atoms with Gasteiger partial charge in [0.05, 0.1) is 0 Å². The summed E-state index contributed by atoms with van der Waals surface area (Å²) < 4.78 is 5.43. The third-order valence-corrected chi connectivity index (χ3v) is 6.90. The zero-order valence-electron chi connectivity index (χ0n) is 17.6. The van der Waals surface area contributed by atoms with Crippen molar-refractivity contribution in [3.8, 4) is 0 Å². The number of nitrogens with two attached hydrogens (primary N) is 1. The molecule has 4 rings (SSSR count). The van der Waals surface area contributed by atoms with Crippen LogP contribution in [0, 0.1) is 11.3 Å². The third kappa shape index (κ3) is 4.58. The van der Waals surface area contributed by atoms with Crippen molar-refractivity contribution >= 4 is 12.0 Å². The highest BCUT2D eigenvalue weighted by Crippen LogP contribution is 2.52. The maximum atomic E-state index is 13.2. The van der Waals surface area contributed by atoms with Gasteiger partial charge in [-0.2, -0.15) is 0 Å². The van der Waals surface area contributed by atoms with Gasteiger partial charge in [-0.3, -0.25) is 4.79 Å². The van der Waals surface area contributed by atoms with Crippen molar-refractivity contribution in [3.63, 3.8) is 0 Å². The second-order valence-electron chi connectivity index (χ2n) is 10.2. The van der Waals surface area contributed by atoms with Crippen LogP contribution in [0.2, 0.25) is 0 Å². The summed E-state index contributed by atoms with van der Waals surface area (Å²) in [5.74, 6) is 0.793. The Morgan fingerprint density at radius 3 is 2.07 bits per heavy atom. The number of hydrogen-bond donors (Lipinski definition) is 1. The highest BCUT2D eigenvalue weighted by atomic mass is 16.6. The summed E-state index contributed by atoms with van der Waals surface area (Å²) >= 11 is 0. The van der Waals surface area contributed by atoms with Crippen LogP contribution < -0.4 is 5.73 Å². The van der Waals surface area contributed by atoms with E-state index >= 15 is 0 Å². The minimum absolute atomic E-state index is 0.00126. The Kier molecular flexibility index (Phi) is 5.50. The molecule has 2 N–H and O–H groups in total. The maximum absolute atomic E-state index is 13.2. The van der Waals surface area contributed by atoms with Crippen LogP contribution in [-0.2, 0) is 9.53 Å². The van der Waals surface area contributed by atoms with E-state index in [9.17, 15) is 9.59 Å². The summed E-state index contributed by atoms with van der Waals surface area (Å²) in [5, 5.41) is 0. The van der Waals surface area contributed by atoms with Gasteiger partial charge in [0.25, 0.3) is 0 Å². The van der Waals surface area contributed by atoms with E-state index in [1.165, 1.54) is 0 Å². The lowest BCUT2D eigenvalue weighted by molar-refractivity contribution is -0.150. The Balaban J connectivity index is 1.48. The molecule has 0 unspecified atom stereocenters. The van der Waals surface area contributed by atoms with Crippen LogP contribution in [0.25, 0.3) is 0 Å². The number of likely N-dealkylation sites (tertiary alicyclic amines) is 1. The zero-order chi connectivity index (χ0) is 19.9. The number of nitrogens with zero attached hydrogens (tertiary/aromatic N) is 2. The molecule has 1 saturated heterocycles. The molecule has 0 aromatic rings. The number of amides is 2. The van der Waals surface area contributed by atoms with E-state index in [0.717, 1.165) is 64.5 Å². The van der Waals surface area contributed by atoms with Crippen LogP contribution in [0.4, 0.5) is 4.79 Å². The average Bonchev–Trinajstić information content (AvgIpc) is 2.61.